The van der Waals surface area contributed by atoms with Crippen LogP contribution in [0, 0.1) is 0 Å². The number of aromatic nitrogens is 2. The van der Waals surface area contributed by atoms with Crippen LogP contribution in [-0.4, -0.2) is 47.9 Å². The van der Waals surface area contributed by atoms with E-state index in [1.165, 1.54) is 0 Å². The van der Waals surface area contributed by atoms with Crippen molar-refractivity contribution >= 4 is 11.5 Å². The summed E-state index contributed by atoms with van der Waals surface area (Å²) in [6, 6.07) is 0. The molecule has 0 unspecified atom stereocenters. The van der Waals surface area contributed by atoms with Crippen LogP contribution in [0.5, 0.6) is 0 Å². The van der Waals surface area contributed by atoms with Crippen molar-refractivity contribution in [1.29, 1.82) is 0 Å². The number of hydrogen-bond acceptors (Lipinski definition) is 4. The molecule has 1 aliphatic heterocycles. The van der Waals surface area contributed by atoms with Gasteiger partial charge in [-0.1, -0.05) is 13.8 Å². The highest BCUT2D eigenvalue weighted by Gasteiger charge is 2.23. The molecule has 17 heavy (non-hydrogen) atoms. The Bertz CT molecular complexity index is 388. The summed E-state index contributed by atoms with van der Waals surface area (Å²) in [6.45, 7) is 8.48. The Morgan fingerprint density at radius 2 is 1.71 bits per heavy atom. The summed E-state index contributed by atoms with van der Waals surface area (Å²) in [5.74, 6) is 1.46. The summed E-state index contributed by atoms with van der Waals surface area (Å²) in [7, 11) is 4.14. The Balaban J connectivity index is 2.26. The molecule has 96 valence electrons. The summed E-state index contributed by atoms with van der Waals surface area (Å²) in [4.78, 5) is 4.68. The second-order valence-electron chi connectivity index (χ2n) is 5.19. The molecule has 2 heterocycles. The largest absolute Gasteiger partial charge is 0.394 e. The van der Waals surface area contributed by atoms with Crippen LogP contribution in [0.1, 0.15) is 25.5 Å². The van der Waals surface area contributed by atoms with Gasteiger partial charge in [0.2, 0.25) is 0 Å². The van der Waals surface area contributed by atoms with Crippen molar-refractivity contribution in [1.82, 2.24) is 14.7 Å². The Hall–Kier alpha value is -1.23. The minimum atomic E-state index is 0.377. The maximum Gasteiger partial charge on any atom is 0.150 e. The monoisotopic (exact) mass is 237 g/mol. The molecule has 0 bridgehead atoms. The van der Waals surface area contributed by atoms with Crippen molar-refractivity contribution in [2.75, 3.05) is 43.9 Å². The van der Waals surface area contributed by atoms with E-state index < -0.39 is 0 Å². The van der Waals surface area contributed by atoms with Crippen molar-refractivity contribution in [2.45, 2.75) is 19.8 Å². The normalized spacial score (nSPS) is 18.1. The van der Waals surface area contributed by atoms with E-state index in [4.69, 9.17) is 5.73 Å². The second kappa shape index (κ2) is 4.56. The molecule has 5 nitrogen and oxygen atoms in total. The summed E-state index contributed by atoms with van der Waals surface area (Å²) in [5, 5.41) is 4.54. The first-order valence-electron chi connectivity index (χ1n) is 6.26. The van der Waals surface area contributed by atoms with Gasteiger partial charge in [-0.05, 0) is 13.0 Å². The number of piperazine rings is 1. The fourth-order valence-corrected chi connectivity index (χ4v) is 2.37. The number of nitrogens with two attached hydrogens (primary N) is 1. The molecule has 1 aromatic rings. The second-order valence-corrected chi connectivity index (χ2v) is 5.19. The minimum absolute atomic E-state index is 0.377. The zero-order valence-electron chi connectivity index (χ0n) is 11.3. The van der Waals surface area contributed by atoms with Crippen molar-refractivity contribution in [3.05, 3.63) is 5.69 Å². The van der Waals surface area contributed by atoms with E-state index in [2.05, 4.69) is 35.8 Å². The van der Waals surface area contributed by atoms with Crippen LogP contribution in [0.25, 0.3) is 0 Å². The first kappa shape index (κ1) is 12.2. The Morgan fingerprint density at radius 3 is 2.18 bits per heavy atom. The van der Waals surface area contributed by atoms with Gasteiger partial charge in [0.15, 0.2) is 5.82 Å². The molecule has 5 heteroatoms. The molecule has 1 aromatic heterocycles. The van der Waals surface area contributed by atoms with Gasteiger partial charge in [0.05, 0.1) is 11.4 Å². The summed E-state index contributed by atoms with van der Waals surface area (Å²) in [5.41, 5.74) is 8.10. The maximum atomic E-state index is 6.23. The molecule has 0 atom stereocenters. The molecule has 0 saturated carbocycles. The lowest BCUT2D eigenvalue weighted by molar-refractivity contribution is 0.311. The van der Waals surface area contributed by atoms with Gasteiger partial charge in [0, 0.05) is 33.2 Å². The smallest absolute Gasteiger partial charge is 0.150 e. The zero-order valence-corrected chi connectivity index (χ0v) is 11.3. The highest BCUT2D eigenvalue weighted by molar-refractivity contribution is 5.67. The molecule has 0 aliphatic carbocycles. The van der Waals surface area contributed by atoms with E-state index in [-0.39, 0.29) is 0 Å². The molecule has 1 aliphatic rings. The first-order valence-corrected chi connectivity index (χ1v) is 6.26. The number of aryl methyl sites for hydroxylation is 1. The zero-order chi connectivity index (χ0) is 12.6. The lowest BCUT2D eigenvalue weighted by Gasteiger charge is -2.34. The maximum absolute atomic E-state index is 6.23. The molecule has 0 spiro atoms. The SMILES string of the molecule is CC(C)c1nn(C)c(N2CCN(C)CC2)c1N. The first-order chi connectivity index (χ1) is 8.00. The van der Waals surface area contributed by atoms with Crippen LogP contribution in [0.4, 0.5) is 11.5 Å². The third-order valence-corrected chi connectivity index (χ3v) is 3.43. The molecule has 0 radical (unpaired) electrons. The lowest BCUT2D eigenvalue weighted by atomic mass is 10.1. The van der Waals surface area contributed by atoms with Gasteiger partial charge in [-0.2, -0.15) is 5.10 Å². The number of anilines is 2. The van der Waals surface area contributed by atoms with Crippen LogP contribution in [0.15, 0.2) is 0 Å². The van der Waals surface area contributed by atoms with Crippen LogP contribution in [0.2, 0.25) is 0 Å². The van der Waals surface area contributed by atoms with Gasteiger partial charge in [-0.3, -0.25) is 4.68 Å². The van der Waals surface area contributed by atoms with Gasteiger partial charge >= 0.3 is 0 Å². The molecule has 2 rings (SSSR count). The molecule has 0 aromatic carbocycles. The predicted octanol–water partition coefficient (Wildman–Crippen LogP) is 0.878. The van der Waals surface area contributed by atoms with E-state index in [1.807, 2.05) is 11.7 Å². The van der Waals surface area contributed by atoms with Gasteiger partial charge in [0.25, 0.3) is 0 Å². The van der Waals surface area contributed by atoms with Crippen molar-refractivity contribution in [3.63, 3.8) is 0 Å². The lowest BCUT2D eigenvalue weighted by Crippen LogP contribution is -2.45. The predicted molar refractivity (Wildman–Crippen MR) is 71.4 cm³/mol. The molecule has 1 fully saturated rings. The number of rotatable bonds is 2. The number of nitrogen functional groups attached to an aromatic ring is 1. The van der Waals surface area contributed by atoms with Gasteiger partial charge in [-0.15, -0.1) is 0 Å². The van der Waals surface area contributed by atoms with Crippen LogP contribution < -0.4 is 10.6 Å². The Morgan fingerprint density at radius 1 is 1.12 bits per heavy atom. The molecular formula is C12H23N5. The fourth-order valence-electron chi connectivity index (χ4n) is 2.37. The molecule has 1 saturated heterocycles. The third kappa shape index (κ3) is 2.24. The Labute approximate surface area is 103 Å². The quantitative estimate of drug-likeness (QED) is 0.829. The summed E-state index contributed by atoms with van der Waals surface area (Å²) in [6.07, 6.45) is 0. The standard InChI is InChI=1S/C12H23N5/c1-9(2)11-10(13)12(16(4)14-11)17-7-5-15(3)6-8-17/h9H,5-8,13H2,1-4H3. The number of likely N-dealkylation sites (N-methyl/N-ethyl adjacent to an activating group) is 1. The fraction of sp³-hybridized carbons (Fsp3) is 0.750. The highest BCUT2D eigenvalue weighted by Crippen LogP contribution is 2.30. The Kier molecular flexibility index (Phi) is 3.28. The van der Waals surface area contributed by atoms with Crippen LogP contribution in [-0.2, 0) is 7.05 Å². The van der Waals surface area contributed by atoms with Crippen molar-refractivity contribution in [3.8, 4) is 0 Å². The topological polar surface area (TPSA) is 50.3 Å². The van der Waals surface area contributed by atoms with Gasteiger partial charge in [-0.25, -0.2) is 0 Å². The van der Waals surface area contributed by atoms with Crippen molar-refractivity contribution < 1.29 is 0 Å². The van der Waals surface area contributed by atoms with E-state index in [0.717, 1.165) is 43.4 Å². The number of hydrogen-bond donors (Lipinski definition) is 1. The molecule has 2 N–H and O–H groups in total. The van der Waals surface area contributed by atoms with Gasteiger partial charge in [0.1, 0.15) is 0 Å². The average molecular weight is 237 g/mol. The minimum Gasteiger partial charge on any atom is -0.394 e. The van der Waals surface area contributed by atoms with E-state index >= 15 is 0 Å². The van der Waals surface area contributed by atoms with Gasteiger partial charge < -0.3 is 15.5 Å². The summed E-state index contributed by atoms with van der Waals surface area (Å²) >= 11 is 0. The van der Waals surface area contributed by atoms with E-state index in [9.17, 15) is 0 Å². The summed E-state index contributed by atoms with van der Waals surface area (Å²) < 4.78 is 1.93. The molecule has 0 amide bonds. The van der Waals surface area contributed by atoms with E-state index in [1.54, 1.807) is 0 Å². The van der Waals surface area contributed by atoms with Crippen LogP contribution >= 0.6 is 0 Å². The molecular weight excluding hydrogens is 214 g/mol. The van der Waals surface area contributed by atoms with E-state index in [0.29, 0.717) is 5.92 Å². The highest BCUT2D eigenvalue weighted by atomic mass is 15.4. The number of nitrogens with zero attached hydrogens (tertiary/aromatic N) is 4. The average Bonchev–Trinajstić information content (AvgIpc) is 2.56. The van der Waals surface area contributed by atoms with Crippen molar-refractivity contribution in [2.24, 2.45) is 7.05 Å². The third-order valence-electron chi connectivity index (χ3n) is 3.43. The van der Waals surface area contributed by atoms with Crippen LogP contribution in [0.3, 0.4) is 0 Å².